The fourth-order valence-electron chi connectivity index (χ4n) is 7.14. The zero-order valence-corrected chi connectivity index (χ0v) is 30.0. The summed E-state index contributed by atoms with van der Waals surface area (Å²) in [5.41, 5.74) is 9.09. The standard InChI is InChI=1S/C39H42F5N7O4/c1-21-16-26(34(53)48-30-6-3-15-46-35(30)54)11-13-28(21)25-5-2-4-23(17-25)18-32(49-33(52)24-9-7-22(20-45)8-10-24)36(55)47-27-12-14-29-31(19-27)51-37(50-29)38(40,41)39(42,43)44/h2,4-5,11-14,16-17,19,22,24,30,32H,3,6-10,15,18,20,45H2,1H3,(H,46,54)(H,47,55)(H,48,53)(H,49,52)(H,50,51)/t22?,24?,30-,32+/m1/s1. The molecule has 1 aliphatic carbocycles. The third-order valence-electron chi connectivity index (χ3n) is 10.3. The molecule has 3 aromatic carbocycles. The number of nitrogens with two attached hydrogens (primary N) is 1. The molecule has 16 heteroatoms. The number of nitrogens with one attached hydrogen (secondary N) is 5. The van der Waals surface area contributed by atoms with Crippen LogP contribution in [0.15, 0.2) is 60.7 Å². The first-order valence-corrected chi connectivity index (χ1v) is 18.2. The molecule has 0 unspecified atom stereocenters. The highest BCUT2D eigenvalue weighted by Crippen LogP contribution is 2.43. The molecular weight excluding hydrogens is 725 g/mol. The maximum atomic E-state index is 14.0. The van der Waals surface area contributed by atoms with Crippen LogP contribution in [-0.4, -0.2) is 64.9 Å². The lowest BCUT2D eigenvalue weighted by molar-refractivity contribution is -0.292. The van der Waals surface area contributed by atoms with Crippen molar-refractivity contribution in [3.63, 3.8) is 0 Å². The maximum absolute atomic E-state index is 14.0. The highest BCUT2D eigenvalue weighted by Gasteiger charge is 2.61. The van der Waals surface area contributed by atoms with Gasteiger partial charge in [0.25, 0.3) is 5.91 Å². The highest BCUT2D eigenvalue weighted by molar-refractivity contribution is 5.99. The predicted octanol–water partition coefficient (Wildman–Crippen LogP) is 5.63. The number of amides is 4. The first kappa shape index (κ1) is 39.3. The summed E-state index contributed by atoms with van der Waals surface area (Å²) in [7, 11) is 0. The van der Waals surface area contributed by atoms with E-state index in [0.717, 1.165) is 36.0 Å². The molecule has 0 spiro atoms. The fraction of sp³-hybridized carbons (Fsp3) is 0.410. The van der Waals surface area contributed by atoms with Crippen LogP contribution in [0, 0.1) is 18.8 Å². The topological polar surface area (TPSA) is 171 Å². The molecule has 2 atom stereocenters. The van der Waals surface area contributed by atoms with Crippen molar-refractivity contribution in [2.24, 2.45) is 17.6 Å². The van der Waals surface area contributed by atoms with Gasteiger partial charge in [0.15, 0.2) is 5.82 Å². The molecule has 1 saturated heterocycles. The minimum atomic E-state index is -5.86. The summed E-state index contributed by atoms with van der Waals surface area (Å²) in [6.45, 7) is 2.96. The molecule has 4 aromatic rings. The number of aromatic amines is 1. The maximum Gasteiger partial charge on any atom is 0.461 e. The predicted molar refractivity (Wildman–Crippen MR) is 195 cm³/mol. The minimum absolute atomic E-state index is 0.0564. The lowest BCUT2D eigenvalue weighted by Crippen LogP contribution is -2.50. The number of anilines is 1. The summed E-state index contributed by atoms with van der Waals surface area (Å²) >= 11 is 0. The van der Waals surface area contributed by atoms with Gasteiger partial charge in [-0.05, 0) is 110 Å². The Labute approximate surface area is 313 Å². The Morgan fingerprint density at radius 3 is 2.42 bits per heavy atom. The second-order valence-electron chi connectivity index (χ2n) is 14.3. The summed E-state index contributed by atoms with van der Waals surface area (Å²) in [6.07, 6.45) is -1.69. The van der Waals surface area contributed by atoms with Gasteiger partial charge >= 0.3 is 12.1 Å². The number of aryl methyl sites for hydroxylation is 1. The van der Waals surface area contributed by atoms with E-state index in [2.05, 4.69) is 26.3 Å². The normalized spacial score (nSPS) is 19.7. The second-order valence-corrected chi connectivity index (χ2v) is 14.3. The van der Waals surface area contributed by atoms with Crippen molar-refractivity contribution in [1.29, 1.82) is 0 Å². The SMILES string of the molecule is Cc1cc(C(=O)N[C@@H]2CCCNC2=O)ccc1-c1cccc(C[C@H](NC(=O)C2CCC(CN)CC2)C(=O)Nc2ccc3nc(C(F)(F)C(F)(F)F)[nH]c3c2)c1. The van der Waals surface area contributed by atoms with Crippen LogP contribution in [0.25, 0.3) is 22.2 Å². The quantitative estimate of drug-likeness (QED) is 0.108. The largest absolute Gasteiger partial charge is 0.461 e. The monoisotopic (exact) mass is 767 g/mol. The number of halogens is 5. The molecule has 0 radical (unpaired) electrons. The van der Waals surface area contributed by atoms with Crippen molar-refractivity contribution in [3.05, 3.63) is 83.2 Å². The third-order valence-corrected chi connectivity index (χ3v) is 10.3. The van der Waals surface area contributed by atoms with E-state index < -0.39 is 35.9 Å². The lowest BCUT2D eigenvalue weighted by atomic mass is 9.81. The van der Waals surface area contributed by atoms with Crippen molar-refractivity contribution in [3.8, 4) is 11.1 Å². The number of imidazole rings is 1. The van der Waals surface area contributed by atoms with Crippen molar-refractivity contribution in [1.82, 2.24) is 25.9 Å². The Bertz CT molecular complexity index is 2080. The number of benzene rings is 3. The number of hydrogen-bond donors (Lipinski definition) is 6. The first-order chi connectivity index (χ1) is 26.1. The Balaban J connectivity index is 1.21. The molecule has 0 bridgehead atoms. The third kappa shape index (κ3) is 8.96. The molecule has 292 valence electrons. The van der Waals surface area contributed by atoms with Gasteiger partial charge in [-0.25, -0.2) is 4.98 Å². The van der Waals surface area contributed by atoms with Gasteiger partial charge in [-0.3, -0.25) is 19.2 Å². The van der Waals surface area contributed by atoms with Gasteiger partial charge in [0.2, 0.25) is 17.7 Å². The van der Waals surface area contributed by atoms with Crippen molar-refractivity contribution in [2.45, 2.75) is 76.1 Å². The van der Waals surface area contributed by atoms with E-state index in [0.29, 0.717) is 49.4 Å². The number of rotatable bonds is 11. The van der Waals surface area contributed by atoms with Crippen LogP contribution in [0.4, 0.5) is 27.6 Å². The Morgan fingerprint density at radius 2 is 1.73 bits per heavy atom. The van der Waals surface area contributed by atoms with Gasteiger partial charge < -0.3 is 32.0 Å². The van der Waals surface area contributed by atoms with Gasteiger partial charge in [-0.2, -0.15) is 22.0 Å². The number of aromatic nitrogens is 2. The van der Waals surface area contributed by atoms with Crippen molar-refractivity contribution < 1.29 is 41.1 Å². The number of piperidine rings is 1. The van der Waals surface area contributed by atoms with Crippen LogP contribution in [0.5, 0.6) is 0 Å². The summed E-state index contributed by atoms with van der Waals surface area (Å²) in [6, 6.07) is 14.6. The van der Waals surface area contributed by atoms with E-state index in [9.17, 15) is 41.1 Å². The average Bonchev–Trinajstić information content (AvgIpc) is 3.59. The minimum Gasteiger partial charge on any atom is -0.354 e. The molecule has 1 saturated carbocycles. The molecule has 11 nitrogen and oxygen atoms in total. The van der Waals surface area contributed by atoms with Crippen LogP contribution in [-0.2, 0) is 26.7 Å². The number of nitrogens with zero attached hydrogens (tertiary/aromatic N) is 1. The number of fused-ring (bicyclic) bond motifs is 1. The Kier molecular flexibility index (Phi) is 11.5. The van der Waals surface area contributed by atoms with Gasteiger partial charge in [0, 0.05) is 30.1 Å². The molecule has 2 aliphatic rings. The number of H-pyrrole nitrogens is 1. The number of alkyl halides is 5. The fourth-order valence-corrected chi connectivity index (χ4v) is 7.14. The smallest absolute Gasteiger partial charge is 0.354 e. The van der Waals surface area contributed by atoms with Crippen LogP contribution in [0.2, 0.25) is 0 Å². The molecule has 1 aliphatic heterocycles. The average molecular weight is 768 g/mol. The van der Waals surface area contributed by atoms with Gasteiger partial charge in [0.05, 0.1) is 11.0 Å². The summed E-state index contributed by atoms with van der Waals surface area (Å²) in [5.74, 6) is -8.30. The Morgan fingerprint density at radius 1 is 0.964 bits per heavy atom. The lowest BCUT2D eigenvalue weighted by Gasteiger charge is -2.28. The highest BCUT2D eigenvalue weighted by atomic mass is 19.4. The van der Waals surface area contributed by atoms with E-state index in [1.165, 1.54) is 18.2 Å². The molecule has 6 rings (SSSR count). The zero-order chi connectivity index (χ0) is 39.5. The van der Waals surface area contributed by atoms with Crippen LogP contribution < -0.4 is 27.0 Å². The van der Waals surface area contributed by atoms with E-state index in [4.69, 9.17) is 5.73 Å². The second kappa shape index (κ2) is 16.2. The molecule has 2 fully saturated rings. The van der Waals surface area contributed by atoms with E-state index >= 15 is 0 Å². The van der Waals surface area contributed by atoms with Crippen LogP contribution in [0.1, 0.15) is 65.8 Å². The Hall–Kier alpha value is -5.38. The summed E-state index contributed by atoms with van der Waals surface area (Å²) < 4.78 is 66.9. The first-order valence-electron chi connectivity index (χ1n) is 18.2. The van der Waals surface area contributed by atoms with E-state index in [1.807, 2.05) is 24.0 Å². The van der Waals surface area contributed by atoms with Gasteiger partial charge in [-0.15, -0.1) is 0 Å². The van der Waals surface area contributed by atoms with Crippen LogP contribution in [0.3, 0.4) is 0 Å². The molecule has 4 amide bonds. The zero-order valence-electron chi connectivity index (χ0n) is 30.0. The van der Waals surface area contributed by atoms with E-state index in [-0.39, 0.29) is 46.8 Å². The van der Waals surface area contributed by atoms with Crippen molar-refractivity contribution >= 4 is 40.3 Å². The number of carbonyl (C=O) groups is 4. The molecule has 1 aromatic heterocycles. The number of carbonyl (C=O) groups excluding carboxylic acids is 4. The number of hydrogen-bond acceptors (Lipinski definition) is 6. The van der Waals surface area contributed by atoms with E-state index in [1.54, 1.807) is 30.3 Å². The molecular formula is C39H42F5N7O4. The van der Waals surface area contributed by atoms with Crippen molar-refractivity contribution in [2.75, 3.05) is 18.4 Å². The van der Waals surface area contributed by atoms with Gasteiger partial charge in [-0.1, -0.05) is 30.3 Å². The molecule has 7 N–H and O–H groups in total. The summed E-state index contributed by atoms with van der Waals surface area (Å²) in [4.78, 5) is 57.9. The molecule has 55 heavy (non-hydrogen) atoms. The van der Waals surface area contributed by atoms with Crippen LogP contribution >= 0.6 is 0 Å². The van der Waals surface area contributed by atoms with Gasteiger partial charge in [0.1, 0.15) is 12.1 Å². The molecule has 2 heterocycles. The summed E-state index contributed by atoms with van der Waals surface area (Å²) in [5, 5.41) is 11.1.